The Hall–Kier alpha value is -3.57. The molecule has 0 saturated carbocycles. The second-order valence-corrected chi connectivity index (χ2v) is 7.70. The van der Waals surface area contributed by atoms with Gasteiger partial charge in [-0.3, -0.25) is 0 Å². The lowest BCUT2D eigenvalue weighted by Gasteiger charge is -2.09. The van der Waals surface area contributed by atoms with Gasteiger partial charge in [0.15, 0.2) is 0 Å². The molecule has 140 valence electrons. The lowest BCUT2D eigenvalue weighted by molar-refractivity contribution is 0.0475. The van der Waals surface area contributed by atoms with Crippen LogP contribution in [-0.4, -0.2) is 15.9 Å². The normalized spacial score (nSPS) is 11.0. The Morgan fingerprint density at radius 2 is 1.55 bits per heavy atom. The lowest BCUT2D eigenvalue weighted by atomic mass is 10.0. The molecule has 0 spiro atoms. The SMILES string of the molecule is O=C(OCc1nc2ccccc2s1)c1cc(-c2ccccc2)nc2ccccc12. The highest BCUT2D eigenvalue weighted by Crippen LogP contribution is 2.26. The van der Waals surface area contributed by atoms with Crippen LogP contribution < -0.4 is 0 Å². The van der Waals surface area contributed by atoms with Crippen molar-refractivity contribution >= 4 is 38.4 Å². The fourth-order valence-corrected chi connectivity index (χ4v) is 4.17. The van der Waals surface area contributed by atoms with Crippen LogP contribution in [0.3, 0.4) is 0 Å². The summed E-state index contributed by atoms with van der Waals surface area (Å²) >= 11 is 1.54. The number of pyridine rings is 1. The Labute approximate surface area is 171 Å². The summed E-state index contributed by atoms with van der Waals surface area (Å²) in [6, 6.07) is 27.1. The van der Waals surface area contributed by atoms with Gasteiger partial charge in [-0.25, -0.2) is 14.8 Å². The third-order valence-corrected chi connectivity index (χ3v) is 5.68. The van der Waals surface area contributed by atoms with E-state index in [-0.39, 0.29) is 12.6 Å². The first-order valence-corrected chi connectivity index (χ1v) is 10.1. The number of carbonyl (C=O) groups excluding carboxylic acids is 1. The third kappa shape index (κ3) is 3.48. The van der Waals surface area contributed by atoms with Crippen LogP contribution in [0.1, 0.15) is 15.4 Å². The number of para-hydroxylation sites is 2. The van der Waals surface area contributed by atoms with Crippen molar-refractivity contribution in [1.29, 1.82) is 0 Å². The van der Waals surface area contributed by atoms with Crippen molar-refractivity contribution < 1.29 is 9.53 Å². The number of ether oxygens (including phenoxy) is 1. The Morgan fingerprint density at radius 3 is 2.38 bits per heavy atom. The summed E-state index contributed by atoms with van der Waals surface area (Å²) in [5.74, 6) is -0.375. The zero-order valence-electron chi connectivity index (χ0n) is 15.4. The number of hydrogen-bond donors (Lipinski definition) is 0. The van der Waals surface area contributed by atoms with E-state index in [0.717, 1.165) is 37.4 Å². The zero-order valence-corrected chi connectivity index (χ0v) is 16.2. The predicted octanol–water partition coefficient (Wildman–Crippen LogP) is 5.87. The van der Waals surface area contributed by atoms with Crippen molar-refractivity contribution in [3.63, 3.8) is 0 Å². The Morgan fingerprint density at radius 1 is 0.828 bits per heavy atom. The maximum Gasteiger partial charge on any atom is 0.339 e. The monoisotopic (exact) mass is 396 g/mol. The Balaban J connectivity index is 1.48. The number of carbonyl (C=O) groups is 1. The number of nitrogens with zero attached hydrogens (tertiary/aromatic N) is 2. The van der Waals surface area contributed by atoms with Gasteiger partial charge in [-0.1, -0.05) is 60.7 Å². The van der Waals surface area contributed by atoms with E-state index in [1.165, 1.54) is 11.3 Å². The highest BCUT2D eigenvalue weighted by atomic mass is 32.1. The number of hydrogen-bond acceptors (Lipinski definition) is 5. The molecule has 3 aromatic carbocycles. The van der Waals surface area contributed by atoms with Gasteiger partial charge >= 0.3 is 5.97 Å². The summed E-state index contributed by atoms with van der Waals surface area (Å²) in [5, 5.41) is 1.56. The van der Waals surface area contributed by atoms with Gasteiger partial charge in [-0.15, -0.1) is 11.3 Å². The average molecular weight is 396 g/mol. The van der Waals surface area contributed by atoms with Gasteiger partial charge in [-0.05, 0) is 24.3 Å². The van der Waals surface area contributed by atoms with Crippen molar-refractivity contribution in [2.75, 3.05) is 0 Å². The van der Waals surface area contributed by atoms with Crippen LogP contribution in [0.15, 0.2) is 84.9 Å². The molecule has 29 heavy (non-hydrogen) atoms. The minimum atomic E-state index is -0.375. The first-order chi connectivity index (χ1) is 14.3. The van der Waals surface area contributed by atoms with E-state index < -0.39 is 0 Å². The molecule has 4 nitrogen and oxygen atoms in total. The molecule has 2 aromatic heterocycles. The number of thiazole rings is 1. The zero-order chi connectivity index (χ0) is 19.6. The van der Waals surface area contributed by atoms with Gasteiger partial charge in [-0.2, -0.15) is 0 Å². The number of fused-ring (bicyclic) bond motifs is 2. The van der Waals surface area contributed by atoms with Gasteiger partial charge in [0.25, 0.3) is 0 Å². The predicted molar refractivity (Wildman–Crippen MR) is 116 cm³/mol. The Bertz CT molecular complexity index is 1300. The standard InChI is InChI=1S/C24H16N2O2S/c27-24(28-15-23-26-20-12-6-7-13-22(20)29-23)18-14-21(16-8-2-1-3-9-16)25-19-11-5-4-10-17(18)19/h1-14H,15H2. The van der Waals surface area contributed by atoms with Crippen LogP contribution in [0.4, 0.5) is 0 Å². The van der Waals surface area contributed by atoms with Crippen LogP contribution in [0, 0.1) is 0 Å². The molecule has 0 amide bonds. The summed E-state index contributed by atoms with van der Waals surface area (Å²) in [6.07, 6.45) is 0. The number of aromatic nitrogens is 2. The van der Waals surface area contributed by atoms with Gasteiger partial charge in [0, 0.05) is 10.9 Å². The molecule has 0 aliphatic carbocycles. The fraction of sp³-hybridized carbons (Fsp3) is 0.0417. The van der Waals surface area contributed by atoms with Gasteiger partial charge in [0.1, 0.15) is 11.6 Å². The highest BCUT2D eigenvalue weighted by molar-refractivity contribution is 7.18. The lowest BCUT2D eigenvalue weighted by Crippen LogP contribution is -2.07. The molecule has 5 rings (SSSR count). The van der Waals surface area contributed by atoms with Crippen molar-refractivity contribution in [2.24, 2.45) is 0 Å². The summed E-state index contributed by atoms with van der Waals surface area (Å²) in [4.78, 5) is 22.2. The summed E-state index contributed by atoms with van der Waals surface area (Å²) < 4.78 is 6.71. The van der Waals surface area contributed by atoms with E-state index in [1.807, 2.05) is 78.9 Å². The molecular weight excluding hydrogens is 380 g/mol. The topological polar surface area (TPSA) is 52.1 Å². The van der Waals surface area contributed by atoms with Crippen LogP contribution in [0.25, 0.3) is 32.4 Å². The van der Waals surface area contributed by atoms with E-state index in [9.17, 15) is 4.79 Å². The molecule has 0 aliphatic heterocycles. The van der Waals surface area contributed by atoms with Gasteiger partial charge in [0.05, 0.1) is 27.0 Å². The van der Waals surface area contributed by atoms with E-state index in [2.05, 4.69) is 4.98 Å². The summed E-state index contributed by atoms with van der Waals surface area (Å²) in [6.45, 7) is 0.148. The molecule has 0 bridgehead atoms. The van der Waals surface area contributed by atoms with Crippen molar-refractivity contribution in [3.8, 4) is 11.3 Å². The number of rotatable bonds is 4. The first kappa shape index (κ1) is 17.5. The maximum absolute atomic E-state index is 13.0. The van der Waals surface area contributed by atoms with Crippen LogP contribution in [0.5, 0.6) is 0 Å². The molecule has 5 heteroatoms. The second-order valence-electron chi connectivity index (χ2n) is 6.59. The second kappa shape index (κ2) is 7.45. The molecule has 0 atom stereocenters. The van der Waals surface area contributed by atoms with Crippen LogP contribution in [-0.2, 0) is 11.3 Å². The molecular formula is C24H16N2O2S. The smallest absolute Gasteiger partial charge is 0.339 e. The third-order valence-electron chi connectivity index (χ3n) is 4.67. The number of benzene rings is 3. The molecule has 0 radical (unpaired) electrons. The molecule has 0 aliphatic rings. The van der Waals surface area contributed by atoms with Gasteiger partial charge in [0.2, 0.25) is 0 Å². The minimum absolute atomic E-state index is 0.148. The highest BCUT2D eigenvalue weighted by Gasteiger charge is 2.16. The average Bonchev–Trinajstić information content (AvgIpc) is 3.20. The minimum Gasteiger partial charge on any atom is -0.455 e. The first-order valence-electron chi connectivity index (χ1n) is 9.25. The molecule has 0 unspecified atom stereocenters. The quantitative estimate of drug-likeness (QED) is 0.357. The van der Waals surface area contributed by atoms with E-state index >= 15 is 0 Å². The van der Waals surface area contributed by atoms with Gasteiger partial charge < -0.3 is 4.74 Å². The molecule has 2 heterocycles. The van der Waals surface area contributed by atoms with E-state index in [1.54, 1.807) is 6.07 Å². The largest absolute Gasteiger partial charge is 0.455 e. The summed E-state index contributed by atoms with van der Waals surface area (Å²) in [5.41, 5.74) is 3.90. The maximum atomic E-state index is 13.0. The summed E-state index contributed by atoms with van der Waals surface area (Å²) in [7, 11) is 0. The Kier molecular flexibility index (Phi) is 4.50. The molecule has 0 fully saturated rings. The van der Waals surface area contributed by atoms with E-state index in [4.69, 9.17) is 9.72 Å². The fourth-order valence-electron chi connectivity index (χ4n) is 3.29. The van der Waals surface area contributed by atoms with Crippen molar-refractivity contribution in [3.05, 3.63) is 95.5 Å². The van der Waals surface area contributed by atoms with E-state index in [0.29, 0.717) is 5.56 Å². The van der Waals surface area contributed by atoms with Crippen LogP contribution in [0.2, 0.25) is 0 Å². The molecule has 5 aromatic rings. The van der Waals surface area contributed by atoms with Crippen molar-refractivity contribution in [2.45, 2.75) is 6.61 Å². The molecule has 0 saturated heterocycles. The molecule has 0 N–H and O–H groups in total. The van der Waals surface area contributed by atoms with Crippen LogP contribution >= 0.6 is 11.3 Å². The van der Waals surface area contributed by atoms with Crippen molar-refractivity contribution in [1.82, 2.24) is 9.97 Å². The number of esters is 1.